The summed E-state index contributed by atoms with van der Waals surface area (Å²) in [5, 5.41) is 13.2. The van der Waals surface area contributed by atoms with Crippen LogP contribution in [0, 0.1) is 0 Å². The van der Waals surface area contributed by atoms with Crippen molar-refractivity contribution in [1.82, 2.24) is 20.3 Å². The van der Waals surface area contributed by atoms with Gasteiger partial charge >= 0.3 is 7.60 Å². The maximum absolute atomic E-state index is 13.4. The normalized spacial score (nSPS) is 13.9. The molecule has 0 bridgehead atoms. The summed E-state index contributed by atoms with van der Waals surface area (Å²) in [7, 11) is -3.30. The van der Waals surface area contributed by atoms with Crippen molar-refractivity contribution in [3.63, 3.8) is 0 Å². The van der Waals surface area contributed by atoms with Gasteiger partial charge in [0.2, 0.25) is 0 Å². The molecule has 11 heteroatoms. The minimum absolute atomic E-state index is 0.128. The molecule has 0 aliphatic rings. The van der Waals surface area contributed by atoms with Crippen molar-refractivity contribution in [3.05, 3.63) is 28.4 Å². The van der Waals surface area contributed by atoms with Crippen LogP contribution in [-0.4, -0.2) is 65.3 Å². The lowest BCUT2D eigenvalue weighted by Crippen LogP contribution is -2.33. The van der Waals surface area contributed by atoms with Crippen LogP contribution in [0.15, 0.2) is 17.3 Å². The van der Waals surface area contributed by atoms with Crippen LogP contribution in [0.3, 0.4) is 0 Å². The smallest absolute Gasteiger partial charge is 0.330 e. The molecule has 0 saturated heterocycles. The van der Waals surface area contributed by atoms with Gasteiger partial charge in [-0.15, -0.1) is 0 Å². The molecule has 0 radical (unpaired) electrons. The van der Waals surface area contributed by atoms with Crippen molar-refractivity contribution in [2.24, 2.45) is 0 Å². The molecule has 0 spiro atoms. The predicted molar refractivity (Wildman–Crippen MR) is 179 cm³/mol. The van der Waals surface area contributed by atoms with Crippen molar-refractivity contribution < 1.29 is 23.5 Å². The van der Waals surface area contributed by atoms with Gasteiger partial charge in [-0.1, -0.05) is 97.3 Å². The van der Waals surface area contributed by atoms with Crippen molar-refractivity contribution in [3.8, 4) is 0 Å². The lowest BCUT2D eigenvalue weighted by Gasteiger charge is -2.22. The van der Waals surface area contributed by atoms with Crippen LogP contribution in [0.5, 0.6) is 0 Å². The molecule has 44 heavy (non-hydrogen) atoms. The fourth-order valence-electron chi connectivity index (χ4n) is 5.23. The third-order valence-electron chi connectivity index (χ3n) is 7.96. The number of nitrogens with one attached hydrogen (secondary N) is 3. The summed E-state index contributed by atoms with van der Waals surface area (Å²) in [5.41, 5.74) is 1.59. The topological polar surface area (TPSA) is 139 Å². The maximum atomic E-state index is 13.4. The Morgan fingerprint density at radius 3 is 2.07 bits per heavy atom. The van der Waals surface area contributed by atoms with Crippen LogP contribution in [0.1, 0.15) is 129 Å². The minimum atomic E-state index is -3.30. The Hall–Kier alpha value is -1.55. The van der Waals surface area contributed by atoms with Crippen LogP contribution in [0.4, 0.5) is 0 Å². The molecule has 0 aliphatic carbocycles. The molecule has 0 amide bonds. The molecule has 2 heterocycles. The highest BCUT2D eigenvalue weighted by Crippen LogP contribution is 2.49. The second-order valence-electron chi connectivity index (χ2n) is 11.9. The van der Waals surface area contributed by atoms with Crippen molar-refractivity contribution in [2.45, 2.75) is 136 Å². The molecule has 0 aromatic carbocycles. The van der Waals surface area contributed by atoms with Crippen LogP contribution in [0.2, 0.25) is 0 Å². The van der Waals surface area contributed by atoms with Gasteiger partial charge < -0.3 is 34.2 Å². The van der Waals surface area contributed by atoms with Gasteiger partial charge in [-0.2, -0.15) is 0 Å². The summed E-state index contributed by atoms with van der Waals surface area (Å²) in [4.78, 5) is 21.6. The molecular formula is C33H61N4O6P. The molecule has 2 aromatic heterocycles. The third kappa shape index (κ3) is 16.7. The fourth-order valence-corrected chi connectivity index (χ4v) is 7.06. The highest BCUT2D eigenvalue weighted by molar-refractivity contribution is 7.53. The van der Waals surface area contributed by atoms with E-state index in [9.17, 15) is 14.5 Å². The SMILES string of the molecule is CCCCCCCCCCCCCCCCOCCCOP(=O)(CC[C@@H](CO)NCc1c[nH]c2c(=O)[nH]cnc12)OCCC. The van der Waals surface area contributed by atoms with Gasteiger partial charge in [0.05, 0.1) is 37.8 Å². The average molecular weight is 641 g/mol. The van der Waals surface area contributed by atoms with Crippen molar-refractivity contribution in [1.29, 1.82) is 0 Å². The predicted octanol–water partition coefficient (Wildman–Crippen LogP) is 7.62. The molecule has 0 aliphatic heterocycles. The first-order valence-corrected chi connectivity index (χ1v) is 19.1. The number of aromatic nitrogens is 3. The second kappa shape index (κ2) is 24.7. The summed E-state index contributed by atoms with van der Waals surface area (Å²) in [6, 6.07) is -0.308. The van der Waals surface area contributed by atoms with Gasteiger partial charge in [0.15, 0.2) is 0 Å². The number of nitrogens with zero attached hydrogens (tertiary/aromatic N) is 1. The molecule has 0 fully saturated rings. The van der Waals surface area contributed by atoms with Gasteiger partial charge in [-0.05, 0) is 25.7 Å². The van der Waals surface area contributed by atoms with E-state index < -0.39 is 7.60 Å². The highest BCUT2D eigenvalue weighted by atomic mass is 31.2. The van der Waals surface area contributed by atoms with E-state index in [2.05, 4.69) is 27.2 Å². The number of rotatable bonds is 30. The number of aliphatic hydroxyl groups is 1. The number of hydrogen-bond acceptors (Lipinski definition) is 8. The lowest BCUT2D eigenvalue weighted by molar-refractivity contribution is 0.111. The van der Waals surface area contributed by atoms with Crippen molar-refractivity contribution >= 4 is 18.6 Å². The monoisotopic (exact) mass is 640 g/mol. The van der Waals surface area contributed by atoms with E-state index in [1.807, 2.05) is 6.92 Å². The number of ether oxygens (including phenoxy) is 1. The zero-order valence-corrected chi connectivity index (χ0v) is 28.5. The van der Waals surface area contributed by atoms with E-state index in [1.165, 1.54) is 89.8 Å². The Morgan fingerprint density at radius 2 is 1.43 bits per heavy atom. The summed E-state index contributed by atoms with van der Waals surface area (Å²) >= 11 is 0. The Labute approximate surface area is 265 Å². The molecule has 10 nitrogen and oxygen atoms in total. The van der Waals surface area contributed by atoms with Gasteiger partial charge in [-0.3, -0.25) is 9.36 Å². The van der Waals surface area contributed by atoms with Gasteiger partial charge in [0.25, 0.3) is 5.56 Å². The molecule has 2 aromatic rings. The lowest BCUT2D eigenvalue weighted by atomic mass is 10.0. The molecule has 0 saturated carbocycles. The van der Waals surface area contributed by atoms with Gasteiger partial charge in [0.1, 0.15) is 5.52 Å². The first-order valence-electron chi connectivity index (χ1n) is 17.4. The molecule has 2 atom stereocenters. The Morgan fingerprint density at radius 1 is 0.818 bits per heavy atom. The summed E-state index contributed by atoms with van der Waals surface area (Å²) in [5.74, 6) is 0. The van der Waals surface area contributed by atoms with Gasteiger partial charge in [0, 0.05) is 37.6 Å². The summed E-state index contributed by atoms with van der Waals surface area (Å²) in [6.45, 7) is 6.52. The van der Waals surface area contributed by atoms with E-state index >= 15 is 0 Å². The van der Waals surface area contributed by atoms with E-state index in [1.54, 1.807) is 6.20 Å². The average Bonchev–Trinajstić information content (AvgIpc) is 3.45. The van der Waals surface area contributed by atoms with Gasteiger partial charge in [-0.25, -0.2) is 4.98 Å². The number of hydrogen-bond donors (Lipinski definition) is 4. The second-order valence-corrected chi connectivity index (χ2v) is 14.1. The van der Waals surface area contributed by atoms with E-state index in [-0.39, 0.29) is 24.4 Å². The first-order chi connectivity index (χ1) is 21.5. The Bertz CT molecular complexity index is 1080. The van der Waals surface area contributed by atoms with E-state index in [4.69, 9.17) is 13.8 Å². The van der Waals surface area contributed by atoms with Crippen LogP contribution < -0.4 is 10.9 Å². The molecule has 1 unspecified atom stereocenters. The Balaban J connectivity index is 1.52. The highest BCUT2D eigenvalue weighted by Gasteiger charge is 2.26. The van der Waals surface area contributed by atoms with Crippen LogP contribution in [0.25, 0.3) is 11.0 Å². The molecule has 254 valence electrons. The minimum Gasteiger partial charge on any atom is -0.395 e. The van der Waals surface area contributed by atoms with Crippen LogP contribution >= 0.6 is 7.60 Å². The van der Waals surface area contributed by atoms with E-state index in [0.29, 0.717) is 50.2 Å². The van der Waals surface area contributed by atoms with E-state index in [0.717, 1.165) is 25.0 Å². The number of H-pyrrole nitrogens is 2. The number of aromatic amines is 2. The third-order valence-corrected chi connectivity index (χ3v) is 9.91. The number of aliphatic hydroxyl groups excluding tert-OH is 1. The largest absolute Gasteiger partial charge is 0.395 e. The number of unbranched alkanes of at least 4 members (excludes halogenated alkanes) is 13. The zero-order valence-electron chi connectivity index (χ0n) is 27.6. The van der Waals surface area contributed by atoms with Crippen LogP contribution in [-0.2, 0) is 24.9 Å². The molecule has 4 N–H and O–H groups in total. The Kier molecular flexibility index (Phi) is 21.6. The summed E-state index contributed by atoms with van der Waals surface area (Å²) in [6.07, 6.45) is 23.9. The fraction of sp³-hybridized carbons (Fsp3) is 0.818. The zero-order chi connectivity index (χ0) is 31.7. The standard InChI is InChI=1S/C33H61N4O6P/c1-3-5-6-7-8-9-10-11-12-13-14-15-16-17-21-41-22-18-23-43-44(40,42-20-4-2)24-19-30(27-38)34-25-29-26-35-32-31(29)36-28-37-33(32)39/h26,28,30,34-35,38H,3-25,27H2,1-2H3,(H,36,37,39)/t30-,44?/m0/s1. The first kappa shape index (κ1) is 38.6. The van der Waals surface area contributed by atoms with Crippen molar-refractivity contribution in [2.75, 3.05) is 39.2 Å². The quantitative estimate of drug-likeness (QED) is 0.0505. The maximum Gasteiger partial charge on any atom is 0.330 e. The number of fused-ring (bicyclic) bond motifs is 1. The molecule has 2 rings (SSSR count). The summed E-state index contributed by atoms with van der Waals surface area (Å²) < 4.78 is 30.6. The molecular weight excluding hydrogens is 579 g/mol.